The summed E-state index contributed by atoms with van der Waals surface area (Å²) in [7, 11) is 0. The van der Waals surface area contributed by atoms with Gasteiger partial charge in [0.1, 0.15) is 0 Å². The molecule has 0 amide bonds. The summed E-state index contributed by atoms with van der Waals surface area (Å²) in [6.45, 7) is 1.92. The van der Waals surface area contributed by atoms with Crippen LogP contribution >= 0.6 is 0 Å². The van der Waals surface area contributed by atoms with Gasteiger partial charge in [-0.3, -0.25) is 10.1 Å². The quantitative estimate of drug-likeness (QED) is 0.623. The Labute approximate surface area is 98.8 Å². The van der Waals surface area contributed by atoms with E-state index in [1.54, 1.807) is 12.1 Å². The lowest BCUT2D eigenvalue weighted by atomic mass is 9.62. The zero-order valence-electron chi connectivity index (χ0n) is 9.37. The monoisotopic (exact) mass is 234 g/mol. The number of hydrogen-bond donors (Lipinski definition) is 1. The van der Waals surface area contributed by atoms with Gasteiger partial charge < -0.3 is 10.0 Å². The SMILES string of the molecule is O=[N+]([O-])c1ccc(N2CC3(CC(O)C3)C2)cc1. The van der Waals surface area contributed by atoms with E-state index >= 15 is 0 Å². The smallest absolute Gasteiger partial charge is 0.269 e. The fourth-order valence-corrected chi connectivity index (χ4v) is 2.93. The van der Waals surface area contributed by atoms with Crippen LogP contribution in [-0.2, 0) is 0 Å². The molecule has 2 aliphatic rings. The van der Waals surface area contributed by atoms with E-state index in [4.69, 9.17) is 0 Å². The van der Waals surface area contributed by atoms with Crippen LogP contribution in [0.25, 0.3) is 0 Å². The highest BCUT2D eigenvalue weighted by atomic mass is 16.6. The number of benzene rings is 1. The van der Waals surface area contributed by atoms with Crippen LogP contribution in [0.15, 0.2) is 24.3 Å². The lowest BCUT2D eigenvalue weighted by Gasteiger charge is -2.58. The van der Waals surface area contributed by atoms with Crippen LogP contribution < -0.4 is 4.90 Å². The van der Waals surface area contributed by atoms with Crippen LogP contribution in [0.5, 0.6) is 0 Å². The van der Waals surface area contributed by atoms with Crippen molar-refractivity contribution < 1.29 is 10.0 Å². The Morgan fingerprint density at radius 3 is 2.35 bits per heavy atom. The average molecular weight is 234 g/mol. The Kier molecular flexibility index (Phi) is 2.13. The van der Waals surface area contributed by atoms with Crippen LogP contribution in [0.2, 0.25) is 0 Å². The fraction of sp³-hybridized carbons (Fsp3) is 0.500. The topological polar surface area (TPSA) is 66.6 Å². The number of nitrogens with zero attached hydrogens (tertiary/aromatic N) is 2. The summed E-state index contributed by atoms with van der Waals surface area (Å²) >= 11 is 0. The van der Waals surface area contributed by atoms with Gasteiger partial charge in [-0.15, -0.1) is 0 Å². The maximum atomic E-state index is 10.5. The molecule has 17 heavy (non-hydrogen) atoms. The fourth-order valence-electron chi connectivity index (χ4n) is 2.93. The Morgan fingerprint density at radius 1 is 1.29 bits per heavy atom. The standard InChI is InChI=1S/C12H14N2O3/c15-11-5-12(6-11)7-13(8-12)9-1-3-10(4-2-9)14(16)17/h1-4,11,15H,5-8H2. The molecule has 0 aromatic heterocycles. The maximum absolute atomic E-state index is 10.5. The summed E-state index contributed by atoms with van der Waals surface area (Å²) in [5, 5.41) is 19.8. The van der Waals surface area contributed by atoms with Gasteiger partial charge in [0, 0.05) is 36.3 Å². The van der Waals surface area contributed by atoms with E-state index in [1.807, 2.05) is 0 Å². The first kappa shape index (κ1) is 10.5. The Hall–Kier alpha value is -1.62. The Balaban J connectivity index is 1.65. The van der Waals surface area contributed by atoms with Crippen molar-refractivity contribution in [1.29, 1.82) is 0 Å². The molecular formula is C12H14N2O3. The molecule has 2 fully saturated rings. The molecule has 1 aromatic carbocycles. The van der Waals surface area contributed by atoms with Gasteiger partial charge in [-0.25, -0.2) is 0 Å². The molecule has 0 bridgehead atoms. The summed E-state index contributed by atoms with van der Waals surface area (Å²) < 4.78 is 0. The lowest BCUT2D eigenvalue weighted by molar-refractivity contribution is -0.384. The van der Waals surface area contributed by atoms with Crippen LogP contribution in [0.3, 0.4) is 0 Å². The predicted octanol–water partition coefficient (Wildman–Crippen LogP) is 1.56. The van der Waals surface area contributed by atoms with Crippen LogP contribution in [0.4, 0.5) is 11.4 Å². The van der Waals surface area contributed by atoms with Gasteiger partial charge in [0.05, 0.1) is 11.0 Å². The number of rotatable bonds is 2. The van der Waals surface area contributed by atoms with Crippen molar-refractivity contribution in [3.8, 4) is 0 Å². The van der Waals surface area contributed by atoms with Gasteiger partial charge in [-0.1, -0.05) is 0 Å². The normalized spacial score (nSPS) is 22.1. The number of nitro benzene ring substituents is 1. The van der Waals surface area contributed by atoms with E-state index in [-0.39, 0.29) is 16.7 Å². The first-order chi connectivity index (χ1) is 8.08. The van der Waals surface area contributed by atoms with Gasteiger partial charge in [0.2, 0.25) is 0 Å². The lowest BCUT2D eigenvalue weighted by Crippen LogP contribution is -2.63. The molecule has 5 nitrogen and oxygen atoms in total. The molecule has 1 aromatic rings. The van der Waals surface area contributed by atoms with Crippen LogP contribution in [0.1, 0.15) is 12.8 Å². The molecule has 90 valence electrons. The number of aliphatic hydroxyl groups excluding tert-OH is 1. The summed E-state index contributed by atoms with van der Waals surface area (Å²) in [5.41, 5.74) is 1.48. The van der Waals surface area contributed by atoms with Crippen molar-refractivity contribution in [3.63, 3.8) is 0 Å². The minimum atomic E-state index is -0.385. The number of aliphatic hydroxyl groups is 1. The molecular weight excluding hydrogens is 220 g/mol. The summed E-state index contributed by atoms with van der Waals surface area (Å²) in [5.74, 6) is 0. The van der Waals surface area contributed by atoms with E-state index in [9.17, 15) is 15.2 Å². The molecule has 5 heteroatoms. The van der Waals surface area contributed by atoms with Gasteiger partial charge in [0.25, 0.3) is 5.69 Å². The zero-order chi connectivity index (χ0) is 12.0. The molecule has 3 rings (SSSR count). The molecule has 1 saturated heterocycles. The van der Waals surface area contributed by atoms with Crippen LogP contribution in [-0.4, -0.2) is 29.2 Å². The Morgan fingerprint density at radius 2 is 1.88 bits per heavy atom. The van der Waals surface area contributed by atoms with E-state index in [1.165, 1.54) is 12.1 Å². The molecule has 0 atom stereocenters. The van der Waals surface area contributed by atoms with E-state index in [2.05, 4.69) is 4.90 Å². The number of non-ortho nitro benzene ring substituents is 1. The third-order valence-electron chi connectivity index (χ3n) is 3.82. The second-order valence-electron chi connectivity index (χ2n) is 5.19. The second kappa shape index (κ2) is 3.43. The molecule has 1 saturated carbocycles. The third-order valence-corrected chi connectivity index (χ3v) is 3.82. The molecule has 1 heterocycles. The Bertz CT molecular complexity index is 443. The first-order valence-electron chi connectivity index (χ1n) is 5.76. The van der Waals surface area contributed by atoms with E-state index < -0.39 is 0 Å². The third kappa shape index (κ3) is 1.67. The van der Waals surface area contributed by atoms with Gasteiger partial charge in [-0.2, -0.15) is 0 Å². The van der Waals surface area contributed by atoms with Crippen molar-refractivity contribution in [1.82, 2.24) is 0 Å². The van der Waals surface area contributed by atoms with Crippen molar-refractivity contribution in [2.45, 2.75) is 18.9 Å². The summed E-state index contributed by atoms with van der Waals surface area (Å²) in [4.78, 5) is 12.3. The molecule has 1 aliphatic carbocycles. The molecule has 1 N–H and O–H groups in total. The molecule has 0 unspecified atom stereocenters. The number of hydrogen-bond acceptors (Lipinski definition) is 4. The van der Waals surface area contributed by atoms with Crippen LogP contribution in [0, 0.1) is 15.5 Å². The summed E-state index contributed by atoms with van der Waals surface area (Å²) in [6, 6.07) is 6.66. The summed E-state index contributed by atoms with van der Waals surface area (Å²) in [6.07, 6.45) is 1.68. The van der Waals surface area contributed by atoms with Crippen molar-refractivity contribution >= 4 is 11.4 Å². The highest BCUT2D eigenvalue weighted by molar-refractivity contribution is 5.53. The largest absolute Gasteiger partial charge is 0.393 e. The highest BCUT2D eigenvalue weighted by Crippen LogP contribution is 2.49. The number of anilines is 1. The molecule has 1 aliphatic heterocycles. The minimum Gasteiger partial charge on any atom is -0.393 e. The van der Waals surface area contributed by atoms with Crippen molar-refractivity contribution in [2.24, 2.45) is 5.41 Å². The zero-order valence-corrected chi connectivity index (χ0v) is 9.37. The van der Waals surface area contributed by atoms with Gasteiger partial charge in [-0.05, 0) is 25.0 Å². The van der Waals surface area contributed by atoms with Gasteiger partial charge in [0.15, 0.2) is 0 Å². The molecule has 1 spiro atoms. The van der Waals surface area contributed by atoms with E-state index in [0.29, 0.717) is 5.41 Å². The number of nitro groups is 1. The highest BCUT2D eigenvalue weighted by Gasteiger charge is 2.51. The second-order valence-corrected chi connectivity index (χ2v) is 5.19. The minimum absolute atomic E-state index is 0.117. The van der Waals surface area contributed by atoms with E-state index in [0.717, 1.165) is 31.6 Å². The molecule has 0 radical (unpaired) electrons. The van der Waals surface area contributed by atoms with Crippen molar-refractivity contribution in [3.05, 3.63) is 34.4 Å². The average Bonchev–Trinajstić information content (AvgIpc) is 2.21. The van der Waals surface area contributed by atoms with Gasteiger partial charge >= 0.3 is 0 Å². The predicted molar refractivity (Wildman–Crippen MR) is 63.0 cm³/mol. The van der Waals surface area contributed by atoms with Crippen molar-refractivity contribution in [2.75, 3.05) is 18.0 Å². The maximum Gasteiger partial charge on any atom is 0.269 e. The first-order valence-corrected chi connectivity index (χ1v) is 5.76.